The summed E-state index contributed by atoms with van der Waals surface area (Å²) in [6, 6.07) is 30.3. The first kappa shape index (κ1) is 41.8. The number of hydrogen-bond acceptors (Lipinski definition) is 15. The van der Waals surface area contributed by atoms with E-state index in [2.05, 4.69) is 10.0 Å². The van der Waals surface area contributed by atoms with Crippen molar-refractivity contribution in [1.29, 1.82) is 0 Å². The van der Waals surface area contributed by atoms with E-state index in [-0.39, 0.29) is 22.3 Å². The Morgan fingerprint density at radius 3 is 1.55 bits per heavy atom. The van der Waals surface area contributed by atoms with Gasteiger partial charge in [-0.2, -0.15) is 0 Å². The Hall–Kier alpha value is -5.78. The normalized spacial score (nSPS) is 26.6. The van der Waals surface area contributed by atoms with Crippen LogP contribution in [0.3, 0.4) is 0 Å². The van der Waals surface area contributed by atoms with Crippen LogP contribution in [0.4, 0.5) is 0 Å². The zero-order chi connectivity index (χ0) is 41.0. The Labute approximate surface area is 336 Å². The lowest BCUT2D eigenvalue weighted by Crippen LogP contribution is -2.66. The molecule has 4 aromatic rings. The molecule has 0 aliphatic carbocycles. The summed E-state index contributed by atoms with van der Waals surface area (Å²) in [5, 5.41) is 25.4. The van der Waals surface area contributed by atoms with E-state index in [0.29, 0.717) is 0 Å². The number of thioether (sulfide) groups is 1. The Morgan fingerprint density at radius 1 is 0.655 bits per heavy atom. The SMILES string of the molecule is CS[C@@H]1O[C@H](CO)[C@H](O)[C@H](O[C@@H]2O[C@H](COC(=O)c3ccccc3)[C@H](OC(=O)c3ccccc3)[C@H](OC(=O)c3ccccc3)[C@H]2OC(=O)c2ccccc2)[C@H]1N=[N+]=[N-]. The molecule has 2 saturated heterocycles. The molecule has 302 valence electrons. The molecule has 0 aromatic heterocycles. The molecule has 6 rings (SSSR count). The van der Waals surface area contributed by atoms with Crippen LogP contribution < -0.4 is 0 Å². The Balaban J connectivity index is 1.46. The molecular weight excluding hydrogens is 775 g/mol. The number of aliphatic hydroxyl groups excluding tert-OH is 2. The summed E-state index contributed by atoms with van der Waals surface area (Å²) in [5.74, 6) is -3.52. The molecule has 0 radical (unpaired) electrons. The molecule has 4 aromatic carbocycles. The number of benzene rings is 4. The van der Waals surface area contributed by atoms with Crippen molar-refractivity contribution < 1.29 is 62.5 Å². The number of carbonyl (C=O) groups is 4. The van der Waals surface area contributed by atoms with Crippen molar-refractivity contribution in [1.82, 2.24) is 0 Å². The lowest BCUT2D eigenvalue weighted by atomic mass is 9.95. The third-order valence-corrected chi connectivity index (χ3v) is 10.1. The van der Waals surface area contributed by atoms with Crippen LogP contribution in [0.15, 0.2) is 126 Å². The number of hydrogen-bond donors (Lipinski definition) is 2. The molecule has 58 heavy (non-hydrogen) atoms. The number of nitrogens with zero attached hydrogens (tertiary/aromatic N) is 3. The first-order valence-electron chi connectivity index (χ1n) is 18.0. The maximum absolute atomic E-state index is 13.9. The van der Waals surface area contributed by atoms with Crippen LogP contribution in [0.1, 0.15) is 41.4 Å². The number of aliphatic hydroxyl groups is 2. The number of azide groups is 1. The predicted octanol–water partition coefficient (Wildman–Crippen LogP) is 4.75. The van der Waals surface area contributed by atoms with Crippen LogP contribution in [0.2, 0.25) is 0 Å². The van der Waals surface area contributed by atoms with Crippen LogP contribution in [0, 0.1) is 0 Å². The van der Waals surface area contributed by atoms with Crippen molar-refractivity contribution in [2.24, 2.45) is 5.11 Å². The third-order valence-electron chi connectivity index (χ3n) is 9.27. The highest BCUT2D eigenvalue weighted by Crippen LogP contribution is 2.37. The molecule has 10 atom stereocenters. The second-order valence-electron chi connectivity index (χ2n) is 13.0. The van der Waals surface area contributed by atoms with Crippen molar-refractivity contribution >= 4 is 35.6 Å². The smallest absolute Gasteiger partial charge is 0.338 e. The van der Waals surface area contributed by atoms with Gasteiger partial charge < -0.3 is 43.4 Å². The third kappa shape index (κ3) is 10.0. The Bertz CT molecular complexity index is 2040. The van der Waals surface area contributed by atoms with Crippen molar-refractivity contribution in [2.75, 3.05) is 19.5 Å². The van der Waals surface area contributed by atoms with Crippen LogP contribution in [-0.4, -0.2) is 114 Å². The summed E-state index contributed by atoms with van der Waals surface area (Å²) >= 11 is 1.11. The Morgan fingerprint density at radius 2 is 1.10 bits per heavy atom. The van der Waals surface area contributed by atoms with Gasteiger partial charge in [0.15, 0.2) is 24.6 Å². The minimum atomic E-state index is -1.82. The fourth-order valence-electron chi connectivity index (χ4n) is 6.38. The molecule has 0 bridgehead atoms. The van der Waals surface area contributed by atoms with Crippen LogP contribution in [0.25, 0.3) is 10.4 Å². The number of carbonyl (C=O) groups excluding carboxylic acids is 4. The molecule has 2 N–H and O–H groups in total. The summed E-state index contributed by atoms with van der Waals surface area (Å²) in [4.78, 5) is 57.7. The molecule has 2 aliphatic rings. The van der Waals surface area contributed by atoms with Crippen molar-refractivity contribution in [2.45, 2.75) is 60.5 Å². The molecule has 17 heteroatoms. The summed E-state index contributed by atoms with van der Waals surface area (Å²) in [6.07, 6.45) is -11.2. The van der Waals surface area contributed by atoms with Crippen molar-refractivity contribution in [3.05, 3.63) is 154 Å². The van der Waals surface area contributed by atoms with Crippen molar-refractivity contribution in [3.8, 4) is 0 Å². The van der Waals surface area contributed by atoms with Gasteiger partial charge in [0.2, 0.25) is 0 Å². The van der Waals surface area contributed by atoms with Crippen LogP contribution >= 0.6 is 11.8 Å². The molecule has 2 aliphatic heterocycles. The average molecular weight is 814 g/mol. The van der Waals surface area contributed by atoms with Gasteiger partial charge in [-0.3, -0.25) is 0 Å². The zero-order valence-electron chi connectivity index (χ0n) is 30.9. The van der Waals surface area contributed by atoms with E-state index in [1.165, 1.54) is 48.5 Å². The highest BCUT2D eigenvalue weighted by atomic mass is 32.2. The standard InChI is InChI=1S/C41H39N3O13S/c1-58-41-30(43-44-42)33(31(46)28(22-45)53-41)57-40-35(56-39(50)27-20-12-5-13-21-27)34(55-38(49)26-18-10-4-11-19-26)32(54-37(48)25-16-8-3-9-17-25)29(52-40)23-51-36(47)24-14-6-2-7-15-24/h2-21,28-35,40-41,45-46H,22-23H2,1H3/t28-,29-,30-,31+,32+,33-,34+,35-,40+,41+/m1/s1. The van der Waals surface area contributed by atoms with Crippen LogP contribution in [0.5, 0.6) is 0 Å². The van der Waals surface area contributed by atoms with Crippen LogP contribution in [-0.2, 0) is 33.2 Å². The van der Waals surface area contributed by atoms with E-state index in [9.17, 15) is 34.9 Å². The van der Waals surface area contributed by atoms with E-state index in [1.807, 2.05) is 0 Å². The minimum Gasteiger partial charge on any atom is -0.459 e. The molecule has 0 unspecified atom stereocenters. The molecule has 0 spiro atoms. The topological polar surface area (TPSA) is 222 Å². The fourth-order valence-corrected chi connectivity index (χ4v) is 7.12. The molecule has 0 saturated carbocycles. The molecule has 2 heterocycles. The van der Waals surface area contributed by atoms with Gasteiger partial charge in [-0.1, -0.05) is 77.9 Å². The maximum Gasteiger partial charge on any atom is 0.338 e. The van der Waals surface area contributed by atoms with Gasteiger partial charge in [0, 0.05) is 4.91 Å². The fraction of sp³-hybridized carbons (Fsp3) is 0.317. The molecule has 0 amide bonds. The second kappa shape index (κ2) is 20.1. The molecule has 2 fully saturated rings. The summed E-state index contributed by atoms with van der Waals surface area (Å²) in [6.45, 7) is -1.28. The summed E-state index contributed by atoms with van der Waals surface area (Å²) in [7, 11) is 0. The monoisotopic (exact) mass is 813 g/mol. The second-order valence-corrected chi connectivity index (χ2v) is 13.9. The van der Waals surface area contributed by atoms with E-state index in [4.69, 9.17) is 33.2 Å². The van der Waals surface area contributed by atoms with Gasteiger partial charge in [0.25, 0.3) is 0 Å². The lowest BCUT2D eigenvalue weighted by Gasteiger charge is -2.48. The zero-order valence-corrected chi connectivity index (χ0v) is 31.7. The van der Waals surface area contributed by atoms with E-state index < -0.39 is 97.6 Å². The predicted molar refractivity (Wildman–Crippen MR) is 205 cm³/mol. The summed E-state index contributed by atoms with van der Waals surface area (Å²) in [5.41, 5.74) is 9.04. The highest BCUT2D eigenvalue weighted by molar-refractivity contribution is 7.99. The van der Waals surface area contributed by atoms with E-state index in [0.717, 1.165) is 11.8 Å². The average Bonchev–Trinajstić information content (AvgIpc) is 3.27. The van der Waals surface area contributed by atoms with Gasteiger partial charge in [-0.15, -0.1) is 11.8 Å². The number of rotatable bonds is 14. The van der Waals surface area contributed by atoms with Gasteiger partial charge >= 0.3 is 23.9 Å². The highest BCUT2D eigenvalue weighted by Gasteiger charge is 2.56. The Kier molecular flexibility index (Phi) is 14.5. The van der Waals surface area contributed by atoms with Gasteiger partial charge in [-0.25, -0.2) is 19.2 Å². The first-order chi connectivity index (χ1) is 28.2. The first-order valence-corrected chi connectivity index (χ1v) is 19.3. The van der Waals surface area contributed by atoms with Crippen molar-refractivity contribution in [3.63, 3.8) is 0 Å². The number of esters is 4. The largest absolute Gasteiger partial charge is 0.459 e. The van der Waals surface area contributed by atoms with E-state index >= 15 is 0 Å². The minimum absolute atomic E-state index is 0.0759. The lowest BCUT2D eigenvalue weighted by molar-refractivity contribution is -0.325. The van der Waals surface area contributed by atoms with Gasteiger partial charge in [-0.05, 0) is 60.3 Å². The molecule has 16 nitrogen and oxygen atoms in total. The summed E-state index contributed by atoms with van der Waals surface area (Å²) < 4.78 is 42.4. The van der Waals surface area contributed by atoms with Gasteiger partial charge in [0.05, 0.1) is 28.9 Å². The van der Waals surface area contributed by atoms with E-state index in [1.54, 1.807) is 79.1 Å². The maximum atomic E-state index is 13.9. The quantitative estimate of drug-likeness (QED) is 0.0577. The molecular formula is C41H39N3O13S. The van der Waals surface area contributed by atoms with Gasteiger partial charge in [0.1, 0.15) is 42.5 Å². The number of ether oxygens (including phenoxy) is 7.